The third kappa shape index (κ3) is 4.42. The summed E-state index contributed by atoms with van der Waals surface area (Å²) in [5.74, 6) is 0.469. The van der Waals surface area contributed by atoms with Gasteiger partial charge in [-0.25, -0.2) is 4.68 Å². The van der Waals surface area contributed by atoms with Crippen LogP contribution >= 0.6 is 0 Å². The van der Waals surface area contributed by atoms with Crippen molar-refractivity contribution in [2.45, 2.75) is 25.7 Å². The number of likely N-dealkylation sites (tertiary alicyclic amines) is 1. The smallest absolute Gasteiger partial charge is 0.257 e. The number of carbonyl (C=O) groups excluding carboxylic acids is 2. The van der Waals surface area contributed by atoms with E-state index in [0.717, 1.165) is 30.6 Å². The SMILES string of the molecule is O=C(NCC1CC1)C1CCCN(C(=O)c2cn(-c3ccccc3)nc2-c2cccnc2)C1. The van der Waals surface area contributed by atoms with Crippen molar-refractivity contribution in [2.75, 3.05) is 19.6 Å². The lowest BCUT2D eigenvalue weighted by Crippen LogP contribution is -2.45. The number of aromatic nitrogens is 3. The van der Waals surface area contributed by atoms with Gasteiger partial charge in [0.05, 0.1) is 17.2 Å². The van der Waals surface area contributed by atoms with Crippen LogP contribution in [0.5, 0.6) is 0 Å². The predicted octanol–water partition coefficient (Wildman–Crippen LogP) is 3.31. The molecule has 1 N–H and O–H groups in total. The first-order valence-corrected chi connectivity index (χ1v) is 11.3. The molecule has 1 atom stereocenters. The van der Waals surface area contributed by atoms with Crippen LogP contribution in [0.25, 0.3) is 16.9 Å². The number of amides is 2. The number of nitrogens with one attached hydrogen (secondary N) is 1. The highest BCUT2D eigenvalue weighted by molar-refractivity contribution is 6.00. The molecule has 2 fully saturated rings. The van der Waals surface area contributed by atoms with Crippen molar-refractivity contribution >= 4 is 11.8 Å². The first-order valence-electron chi connectivity index (χ1n) is 11.3. The van der Waals surface area contributed by atoms with Crippen LogP contribution in [0.2, 0.25) is 0 Å². The summed E-state index contributed by atoms with van der Waals surface area (Å²) in [5.41, 5.74) is 2.81. The van der Waals surface area contributed by atoms with Crippen molar-refractivity contribution in [2.24, 2.45) is 11.8 Å². The number of piperidine rings is 1. The molecule has 1 aliphatic carbocycles. The van der Waals surface area contributed by atoms with Crippen molar-refractivity contribution in [3.8, 4) is 16.9 Å². The van der Waals surface area contributed by atoms with E-state index < -0.39 is 0 Å². The molecule has 1 aromatic carbocycles. The summed E-state index contributed by atoms with van der Waals surface area (Å²) in [6.45, 7) is 1.85. The molecular formula is C25H27N5O2. The van der Waals surface area contributed by atoms with Gasteiger partial charge in [0.1, 0.15) is 5.69 Å². The Kier molecular flexibility index (Phi) is 5.71. The summed E-state index contributed by atoms with van der Waals surface area (Å²) in [6, 6.07) is 13.5. The molecule has 0 radical (unpaired) electrons. The lowest BCUT2D eigenvalue weighted by Gasteiger charge is -2.32. The Labute approximate surface area is 187 Å². The largest absolute Gasteiger partial charge is 0.356 e. The molecule has 3 heterocycles. The van der Waals surface area contributed by atoms with E-state index >= 15 is 0 Å². The fraction of sp³-hybridized carbons (Fsp3) is 0.360. The van der Waals surface area contributed by atoms with Gasteiger partial charge in [-0.1, -0.05) is 18.2 Å². The number of nitrogens with zero attached hydrogens (tertiary/aromatic N) is 4. The minimum absolute atomic E-state index is 0.0712. The van der Waals surface area contributed by atoms with Gasteiger partial charge in [-0.2, -0.15) is 5.10 Å². The zero-order chi connectivity index (χ0) is 21.9. The van der Waals surface area contributed by atoms with Gasteiger partial charge in [-0.05, 0) is 55.9 Å². The minimum atomic E-state index is -0.155. The third-order valence-electron chi connectivity index (χ3n) is 6.24. The average molecular weight is 430 g/mol. The molecule has 3 aromatic rings. The third-order valence-corrected chi connectivity index (χ3v) is 6.24. The van der Waals surface area contributed by atoms with Crippen molar-refractivity contribution in [1.82, 2.24) is 25.0 Å². The summed E-state index contributed by atoms with van der Waals surface area (Å²) in [5, 5.41) is 7.80. The molecule has 1 saturated heterocycles. The molecule has 2 aliphatic rings. The monoisotopic (exact) mass is 429 g/mol. The minimum Gasteiger partial charge on any atom is -0.356 e. The summed E-state index contributed by atoms with van der Waals surface area (Å²) >= 11 is 0. The van der Waals surface area contributed by atoms with Crippen molar-refractivity contribution in [1.29, 1.82) is 0 Å². The predicted molar refractivity (Wildman–Crippen MR) is 121 cm³/mol. The second-order valence-corrected chi connectivity index (χ2v) is 8.69. The first-order chi connectivity index (χ1) is 15.7. The topological polar surface area (TPSA) is 80.1 Å². The standard InChI is InChI=1S/C25H27N5O2/c31-24(27-14-18-10-11-18)20-7-5-13-29(16-20)25(32)22-17-30(21-8-2-1-3-9-21)28-23(22)19-6-4-12-26-15-19/h1-4,6,8-9,12,15,17-18,20H,5,7,10-11,13-14,16H2,(H,27,31). The van der Waals surface area contributed by atoms with Crippen molar-refractivity contribution < 1.29 is 9.59 Å². The number of carbonyl (C=O) groups is 2. The first kappa shape index (κ1) is 20.4. The Balaban J connectivity index is 1.40. The van der Waals surface area contributed by atoms with Crippen LogP contribution in [0, 0.1) is 11.8 Å². The Morgan fingerprint density at radius 1 is 1.06 bits per heavy atom. The maximum absolute atomic E-state index is 13.6. The summed E-state index contributed by atoms with van der Waals surface area (Å²) in [6.07, 6.45) is 9.27. The molecule has 5 rings (SSSR count). The van der Waals surface area contributed by atoms with Gasteiger partial charge in [-0.3, -0.25) is 14.6 Å². The highest BCUT2D eigenvalue weighted by atomic mass is 16.2. The van der Waals surface area contributed by atoms with E-state index in [2.05, 4.69) is 10.3 Å². The molecule has 7 heteroatoms. The van der Waals surface area contributed by atoms with Gasteiger partial charge in [0, 0.05) is 43.8 Å². The molecule has 2 amide bonds. The average Bonchev–Trinajstić information content (AvgIpc) is 3.59. The van der Waals surface area contributed by atoms with E-state index in [1.165, 1.54) is 12.8 Å². The second kappa shape index (κ2) is 8.94. The number of rotatable bonds is 6. The molecular weight excluding hydrogens is 402 g/mol. The van der Waals surface area contributed by atoms with E-state index in [1.54, 1.807) is 28.2 Å². The van der Waals surface area contributed by atoms with Gasteiger partial charge >= 0.3 is 0 Å². The molecule has 32 heavy (non-hydrogen) atoms. The van der Waals surface area contributed by atoms with E-state index in [-0.39, 0.29) is 17.7 Å². The second-order valence-electron chi connectivity index (χ2n) is 8.69. The van der Waals surface area contributed by atoms with Crippen LogP contribution < -0.4 is 5.32 Å². The van der Waals surface area contributed by atoms with Gasteiger partial charge in [0.2, 0.25) is 5.91 Å². The summed E-state index contributed by atoms with van der Waals surface area (Å²) < 4.78 is 1.74. The highest BCUT2D eigenvalue weighted by Crippen LogP contribution is 2.29. The quantitative estimate of drug-likeness (QED) is 0.652. The zero-order valence-corrected chi connectivity index (χ0v) is 18.0. The molecule has 1 aliphatic heterocycles. The normalized spacial score (nSPS) is 18.4. The molecule has 7 nitrogen and oxygen atoms in total. The van der Waals surface area contributed by atoms with Crippen LogP contribution in [0.3, 0.4) is 0 Å². The van der Waals surface area contributed by atoms with Crippen LogP contribution in [-0.4, -0.2) is 51.1 Å². The number of hydrogen-bond acceptors (Lipinski definition) is 4. The van der Waals surface area contributed by atoms with E-state index in [1.807, 2.05) is 42.5 Å². The Hall–Kier alpha value is -3.48. The van der Waals surface area contributed by atoms with Gasteiger partial charge in [0.25, 0.3) is 5.91 Å². The number of para-hydroxylation sites is 1. The fourth-order valence-corrected chi connectivity index (χ4v) is 4.22. The Morgan fingerprint density at radius 2 is 1.91 bits per heavy atom. The maximum Gasteiger partial charge on any atom is 0.257 e. The number of hydrogen-bond donors (Lipinski definition) is 1. The van der Waals surface area contributed by atoms with Crippen molar-refractivity contribution in [3.05, 3.63) is 66.6 Å². The lowest BCUT2D eigenvalue weighted by molar-refractivity contribution is -0.126. The molecule has 1 unspecified atom stereocenters. The maximum atomic E-state index is 13.6. The molecule has 2 aromatic heterocycles. The summed E-state index contributed by atoms with van der Waals surface area (Å²) in [7, 11) is 0. The summed E-state index contributed by atoms with van der Waals surface area (Å²) in [4.78, 5) is 32.2. The van der Waals surface area contributed by atoms with Crippen LogP contribution in [-0.2, 0) is 4.79 Å². The highest BCUT2D eigenvalue weighted by Gasteiger charge is 2.32. The van der Waals surface area contributed by atoms with Gasteiger partial charge in [0.15, 0.2) is 0 Å². The number of pyridine rings is 1. The van der Waals surface area contributed by atoms with Crippen LogP contribution in [0.4, 0.5) is 0 Å². The van der Waals surface area contributed by atoms with Crippen LogP contribution in [0.1, 0.15) is 36.0 Å². The van der Waals surface area contributed by atoms with Crippen LogP contribution in [0.15, 0.2) is 61.1 Å². The molecule has 0 spiro atoms. The molecule has 164 valence electrons. The molecule has 1 saturated carbocycles. The fourth-order valence-electron chi connectivity index (χ4n) is 4.22. The van der Waals surface area contributed by atoms with E-state index in [4.69, 9.17) is 5.10 Å². The van der Waals surface area contributed by atoms with Crippen molar-refractivity contribution in [3.63, 3.8) is 0 Å². The number of benzene rings is 1. The zero-order valence-electron chi connectivity index (χ0n) is 18.0. The Morgan fingerprint density at radius 3 is 2.66 bits per heavy atom. The molecule has 0 bridgehead atoms. The van der Waals surface area contributed by atoms with Gasteiger partial charge < -0.3 is 10.2 Å². The van der Waals surface area contributed by atoms with E-state index in [0.29, 0.717) is 30.3 Å². The van der Waals surface area contributed by atoms with E-state index in [9.17, 15) is 9.59 Å². The Bertz CT molecular complexity index is 1090. The lowest BCUT2D eigenvalue weighted by atomic mass is 9.96. The van der Waals surface area contributed by atoms with Gasteiger partial charge in [-0.15, -0.1) is 0 Å².